The van der Waals surface area contributed by atoms with Crippen LogP contribution in [-0.2, 0) is 20.1 Å². The number of nitrogens with zero attached hydrogens (tertiary/aromatic N) is 5. The molecule has 0 bridgehead atoms. The summed E-state index contributed by atoms with van der Waals surface area (Å²) in [5.74, 6) is 2.78. The van der Waals surface area contributed by atoms with Gasteiger partial charge in [-0.25, -0.2) is 15.0 Å². The van der Waals surface area contributed by atoms with Gasteiger partial charge in [-0.05, 0) is 20.4 Å². The summed E-state index contributed by atoms with van der Waals surface area (Å²) >= 11 is 0. The van der Waals surface area contributed by atoms with Crippen LogP contribution in [0.2, 0.25) is 0 Å². The van der Waals surface area contributed by atoms with Gasteiger partial charge < -0.3 is 9.88 Å². The van der Waals surface area contributed by atoms with Gasteiger partial charge in [0.05, 0.1) is 13.1 Å². The summed E-state index contributed by atoms with van der Waals surface area (Å²) in [6.45, 7) is 6.55. The Bertz CT molecular complexity index is 577. The van der Waals surface area contributed by atoms with E-state index >= 15 is 0 Å². The van der Waals surface area contributed by atoms with Gasteiger partial charge in [0.15, 0.2) is 0 Å². The van der Waals surface area contributed by atoms with Crippen molar-refractivity contribution in [3.63, 3.8) is 0 Å². The minimum absolute atomic E-state index is 0.704. The average Bonchev–Trinajstić information content (AvgIpc) is 2.81. The molecule has 0 saturated carbocycles. The molecule has 0 atom stereocenters. The topological polar surface area (TPSA) is 58.9 Å². The lowest BCUT2D eigenvalue weighted by Gasteiger charge is -2.16. The third kappa shape index (κ3) is 4.53. The molecular weight excluding hydrogens is 264 g/mol. The second-order valence-corrected chi connectivity index (χ2v) is 5.36. The van der Waals surface area contributed by atoms with E-state index in [1.807, 2.05) is 37.0 Å². The Kier molecular flexibility index (Phi) is 5.27. The quantitative estimate of drug-likeness (QED) is 0.844. The van der Waals surface area contributed by atoms with Crippen molar-refractivity contribution in [3.05, 3.63) is 35.8 Å². The van der Waals surface area contributed by atoms with Crippen LogP contribution in [0.5, 0.6) is 0 Å². The van der Waals surface area contributed by atoms with Gasteiger partial charge in [0.2, 0.25) is 0 Å². The van der Waals surface area contributed by atoms with E-state index in [2.05, 4.69) is 39.1 Å². The van der Waals surface area contributed by atoms with E-state index < -0.39 is 0 Å². The van der Waals surface area contributed by atoms with E-state index in [1.54, 1.807) is 0 Å². The highest BCUT2D eigenvalue weighted by Gasteiger charge is 2.08. The Morgan fingerprint density at radius 2 is 2.10 bits per heavy atom. The Hall–Kier alpha value is -1.95. The lowest BCUT2D eigenvalue weighted by atomic mass is 10.3. The van der Waals surface area contributed by atoms with Crippen molar-refractivity contribution in [2.45, 2.75) is 33.4 Å². The van der Waals surface area contributed by atoms with Gasteiger partial charge >= 0.3 is 0 Å². The van der Waals surface area contributed by atoms with E-state index in [0.29, 0.717) is 6.54 Å². The van der Waals surface area contributed by atoms with Gasteiger partial charge in [0, 0.05) is 37.7 Å². The largest absolute Gasteiger partial charge is 0.370 e. The molecule has 0 aliphatic rings. The van der Waals surface area contributed by atoms with Crippen LogP contribution >= 0.6 is 0 Å². The van der Waals surface area contributed by atoms with E-state index in [1.165, 1.54) is 0 Å². The minimum Gasteiger partial charge on any atom is -0.370 e. The van der Waals surface area contributed by atoms with Crippen molar-refractivity contribution in [3.8, 4) is 0 Å². The van der Waals surface area contributed by atoms with Crippen molar-refractivity contribution < 1.29 is 0 Å². The fraction of sp³-hybridized carbons (Fsp3) is 0.533. The lowest BCUT2D eigenvalue weighted by Crippen LogP contribution is -2.21. The molecule has 21 heavy (non-hydrogen) atoms. The maximum atomic E-state index is 4.57. The van der Waals surface area contributed by atoms with Crippen molar-refractivity contribution in [2.24, 2.45) is 7.05 Å². The summed E-state index contributed by atoms with van der Waals surface area (Å²) in [5, 5.41) is 3.32. The van der Waals surface area contributed by atoms with Gasteiger partial charge in [-0.1, -0.05) is 6.92 Å². The highest BCUT2D eigenvalue weighted by molar-refractivity contribution is 5.35. The van der Waals surface area contributed by atoms with Crippen molar-refractivity contribution in [1.29, 1.82) is 0 Å². The van der Waals surface area contributed by atoms with Gasteiger partial charge in [0.1, 0.15) is 17.5 Å². The first kappa shape index (κ1) is 15.4. The first-order valence-corrected chi connectivity index (χ1v) is 7.31. The van der Waals surface area contributed by atoms with Crippen LogP contribution in [0, 0.1) is 6.92 Å². The monoisotopic (exact) mass is 288 g/mol. The highest BCUT2D eigenvalue weighted by Crippen LogP contribution is 2.09. The second kappa shape index (κ2) is 7.17. The lowest BCUT2D eigenvalue weighted by molar-refractivity contribution is 0.299. The predicted molar refractivity (Wildman–Crippen MR) is 83.9 cm³/mol. The fourth-order valence-corrected chi connectivity index (χ4v) is 2.13. The minimum atomic E-state index is 0.704. The predicted octanol–water partition coefficient (Wildman–Crippen LogP) is 1.97. The van der Waals surface area contributed by atoms with E-state index in [0.717, 1.165) is 42.7 Å². The van der Waals surface area contributed by atoms with Crippen LogP contribution in [0.1, 0.15) is 30.7 Å². The normalized spacial score (nSPS) is 11.1. The van der Waals surface area contributed by atoms with Crippen molar-refractivity contribution >= 4 is 5.82 Å². The molecule has 0 radical (unpaired) electrons. The molecule has 114 valence electrons. The first-order chi connectivity index (χ1) is 10.1. The van der Waals surface area contributed by atoms with Gasteiger partial charge in [-0.2, -0.15) is 0 Å². The SMILES string of the molecule is CCCNc1cc(C)nc(CN(C)Cc2nccn2C)n1. The van der Waals surface area contributed by atoms with Gasteiger partial charge in [0.25, 0.3) is 0 Å². The molecule has 0 amide bonds. The maximum absolute atomic E-state index is 4.57. The Morgan fingerprint density at radius 1 is 1.29 bits per heavy atom. The summed E-state index contributed by atoms with van der Waals surface area (Å²) in [4.78, 5) is 15.6. The van der Waals surface area contributed by atoms with Crippen LogP contribution in [-0.4, -0.2) is 38.0 Å². The van der Waals surface area contributed by atoms with Gasteiger partial charge in [-0.15, -0.1) is 0 Å². The van der Waals surface area contributed by atoms with Gasteiger partial charge in [-0.3, -0.25) is 4.90 Å². The number of nitrogens with one attached hydrogen (secondary N) is 1. The number of aryl methyl sites for hydroxylation is 2. The fourth-order valence-electron chi connectivity index (χ4n) is 2.13. The first-order valence-electron chi connectivity index (χ1n) is 7.31. The number of hydrogen-bond acceptors (Lipinski definition) is 5. The number of hydrogen-bond donors (Lipinski definition) is 1. The third-order valence-electron chi connectivity index (χ3n) is 3.20. The van der Waals surface area contributed by atoms with E-state index in [9.17, 15) is 0 Å². The summed E-state index contributed by atoms with van der Waals surface area (Å²) in [6, 6.07) is 1.98. The van der Waals surface area contributed by atoms with E-state index in [-0.39, 0.29) is 0 Å². The van der Waals surface area contributed by atoms with Crippen molar-refractivity contribution in [2.75, 3.05) is 18.9 Å². The molecule has 0 saturated heterocycles. The smallest absolute Gasteiger partial charge is 0.144 e. The maximum Gasteiger partial charge on any atom is 0.144 e. The zero-order valence-corrected chi connectivity index (χ0v) is 13.3. The number of anilines is 1. The molecule has 0 fully saturated rings. The molecule has 0 aliphatic carbocycles. The van der Waals surface area contributed by atoms with Crippen LogP contribution < -0.4 is 5.32 Å². The van der Waals surface area contributed by atoms with Crippen LogP contribution in [0.15, 0.2) is 18.5 Å². The van der Waals surface area contributed by atoms with Crippen molar-refractivity contribution in [1.82, 2.24) is 24.4 Å². The standard InChI is InChI=1S/C15H24N6/c1-5-6-16-13-9-12(2)18-14(19-13)10-20(3)11-15-17-7-8-21(15)4/h7-9H,5-6,10-11H2,1-4H3,(H,16,18,19). The summed E-state index contributed by atoms with van der Waals surface area (Å²) in [7, 11) is 4.06. The molecule has 0 aliphatic heterocycles. The van der Waals surface area contributed by atoms with Crippen LogP contribution in [0.3, 0.4) is 0 Å². The molecule has 2 rings (SSSR count). The summed E-state index contributed by atoms with van der Waals surface area (Å²) in [6.07, 6.45) is 4.86. The highest BCUT2D eigenvalue weighted by atomic mass is 15.2. The second-order valence-electron chi connectivity index (χ2n) is 5.36. The number of rotatable bonds is 7. The molecule has 1 N–H and O–H groups in total. The van der Waals surface area contributed by atoms with E-state index in [4.69, 9.17) is 0 Å². The molecule has 2 heterocycles. The molecule has 6 nitrogen and oxygen atoms in total. The summed E-state index contributed by atoms with van der Waals surface area (Å²) in [5.41, 5.74) is 0.990. The Balaban J connectivity index is 2.01. The average molecular weight is 288 g/mol. The molecular formula is C15H24N6. The molecule has 2 aromatic rings. The molecule has 6 heteroatoms. The summed E-state index contributed by atoms with van der Waals surface area (Å²) < 4.78 is 2.03. The molecule has 0 aromatic carbocycles. The number of imidazole rings is 1. The number of aromatic nitrogens is 4. The molecule has 0 spiro atoms. The zero-order chi connectivity index (χ0) is 15.2. The van der Waals surface area contributed by atoms with Crippen LogP contribution in [0.25, 0.3) is 0 Å². The zero-order valence-electron chi connectivity index (χ0n) is 13.3. The molecule has 2 aromatic heterocycles. The Morgan fingerprint density at radius 3 is 2.76 bits per heavy atom. The molecule has 0 unspecified atom stereocenters. The Labute approximate surface area is 126 Å². The van der Waals surface area contributed by atoms with Crippen LogP contribution in [0.4, 0.5) is 5.82 Å². The third-order valence-corrected chi connectivity index (χ3v) is 3.20.